The summed E-state index contributed by atoms with van der Waals surface area (Å²) in [5.41, 5.74) is 0.377. The van der Waals surface area contributed by atoms with Crippen LogP contribution in [0.4, 0.5) is 0 Å². The van der Waals surface area contributed by atoms with Gasteiger partial charge in [0.15, 0.2) is 5.78 Å². The fourth-order valence-corrected chi connectivity index (χ4v) is 5.57. The minimum atomic E-state index is -0.970. The Balaban J connectivity index is 1.92. The highest BCUT2D eigenvalue weighted by Gasteiger charge is 2.40. The molecular formula is C39H52O9. The number of aliphatic carboxylic acids is 1. The third-order valence-electron chi connectivity index (χ3n) is 8.48. The molecule has 0 bridgehead atoms. The number of aromatic hydroxyl groups is 1. The van der Waals surface area contributed by atoms with Crippen molar-refractivity contribution >= 4 is 24.1 Å². The number of phenolic OH excluding ortho intramolecular Hbond substituents is 1. The van der Waals surface area contributed by atoms with Gasteiger partial charge in [0.05, 0.1) is 23.4 Å². The van der Waals surface area contributed by atoms with Crippen LogP contribution in [0, 0.1) is 5.92 Å². The third kappa shape index (κ3) is 10.0. The van der Waals surface area contributed by atoms with Crippen molar-refractivity contribution in [2.75, 3.05) is 6.61 Å². The molecule has 0 radical (unpaired) electrons. The zero-order chi connectivity index (χ0) is 36.0. The van der Waals surface area contributed by atoms with Crippen LogP contribution in [0.1, 0.15) is 109 Å². The number of hydrogen-bond acceptors (Lipinski definition) is 8. The molecule has 0 saturated carbocycles. The van der Waals surface area contributed by atoms with Gasteiger partial charge >= 0.3 is 5.97 Å². The van der Waals surface area contributed by atoms with Gasteiger partial charge in [0.1, 0.15) is 40.8 Å². The van der Waals surface area contributed by atoms with E-state index >= 15 is 0 Å². The molecule has 48 heavy (non-hydrogen) atoms. The number of aldehydes is 1. The van der Waals surface area contributed by atoms with E-state index in [1.165, 1.54) is 6.92 Å². The molecule has 1 aromatic carbocycles. The molecule has 9 nitrogen and oxygen atoms in total. The second kappa shape index (κ2) is 15.5. The third-order valence-corrected chi connectivity index (χ3v) is 8.48. The van der Waals surface area contributed by atoms with Crippen LogP contribution in [-0.4, -0.2) is 62.9 Å². The molecule has 3 N–H and O–H groups in total. The van der Waals surface area contributed by atoms with Crippen LogP contribution in [0.5, 0.6) is 17.2 Å². The maximum Gasteiger partial charge on any atom is 0.330 e. The average Bonchev–Trinajstić information content (AvgIpc) is 2.97. The molecule has 2 heterocycles. The number of carboxylic acid groups (broad SMARTS) is 1. The summed E-state index contributed by atoms with van der Waals surface area (Å²) in [4.78, 5) is 37.3. The van der Waals surface area contributed by atoms with Crippen LogP contribution in [-0.2, 0) is 20.7 Å². The normalized spacial score (nSPS) is 21.0. The number of hydrogen-bond donors (Lipinski definition) is 3. The second-order valence-corrected chi connectivity index (χ2v) is 14.4. The Labute approximate surface area is 284 Å². The molecule has 3 unspecified atom stereocenters. The first kappa shape index (κ1) is 38.5. The molecule has 0 aliphatic carbocycles. The largest absolute Gasteiger partial charge is 0.506 e. The summed E-state index contributed by atoms with van der Waals surface area (Å²) in [7, 11) is 0. The lowest BCUT2D eigenvalue weighted by molar-refractivity contribution is -0.132. The summed E-state index contributed by atoms with van der Waals surface area (Å²) in [6, 6.07) is 0. The minimum Gasteiger partial charge on any atom is -0.506 e. The van der Waals surface area contributed by atoms with Crippen molar-refractivity contribution in [3.63, 3.8) is 0 Å². The zero-order valence-electron chi connectivity index (χ0n) is 29.8. The van der Waals surface area contributed by atoms with Crippen molar-refractivity contribution < 1.29 is 43.9 Å². The smallest absolute Gasteiger partial charge is 0.330 e. The molecule has 0 aromatic heterocycles. The number of carbonyl (C=O) groups excluding carboxylic acids is 2. The fraction of sp³-hybridized carbons (Fsp3) is 0.513. The van der Waals surface area contributed by atoms with Gasteiger partial charge in [-0.15, -0.1) is 0 Å². The van der Waals surface area contributed by atoms with E-state index in [-0.39, 0.29) is 22.6 Å². The summed E-state index contributed by atoms with van der Waals surface area (Å²) in [6.07, 6.45) is 14.8. The molecule has 3 rings (SSSR count). The van der Waals surface area contributed by atoms with Crippen molar-refractivity contribution in [2.24, 2.45) is 5.92 Å². The van der Waals surface area contributed by atoms with Crippen LogP contribution in [0.2, 0.25) is 0 Å². The Morgan fingerprint density at radius 2 is 1.83 bits per heavy atom. The van der Waals surface area contributed by atoms with Crippen LogP contribution < -0.4 is 9.47 Å². The number of aliphatic hydroxyl groups is 1. The predicted molar refractivity (Wildman–Crippen MR) is 187 cm³/mol. The van der Waals surface area contributed by atoms with Crippen molar-refractivity contribution in [1.82, 2.24) is 0 Å². The zero-order valence-corrected chi connectivity index (χ0v) is 29.8. The molecule has 0 saturated heterocycles. The first-order valence-electron chi connectivity index (χ1n) is 16.5. The van der Waals surface area contributed by atoms with Gasteiger partial charge in [-0.2, -0.15) is 0 Å². The number of carbonyl (C=O) groups is 3. The monoisotopic (exact) mass is 664 g/mol. The number of Topliss-reactive ketones (excluding diaryl/α,β-unsaturated/α-hetero) is 1. The Kier molecular flexibility index (Phi) is 12.4. The Morgan fingerprint density at radius 1 is 1.15 bits per heavy atom. The van der Waals surface area contributed by atoms with E-state index in [0.717, 1.165) is 11.9 Å². The Hall–Kier alpha value is -3.95. The summed E-state index contributed by atoms with van der Waals surface area (Å²) < 4.78 is 18.9. The molecule has 2 aliphatic heterocycles. The number of fused-ring (bicyclic) bond motifs is 2. The van der Waals surface area contributed by atoms with Gasteiger partial charge in [-0.25, -0.2) is 4.79 Å². The maximum absolute atomic E-state index is 14.1. The number of allylic oxidation sites excluding steroid dienone is 3. The summed E-state index contributed by atoms with van der Waals surface area (Å²) in [6.45, 7) is 16.7. The number of rotatable bonds is 15. The van der Waals surface area contributed by atoms with Gasteiger partial charge in [0, 0.05) is 29.0 Å². The lowest BCUT2D eigenvalue weighted by Crippen LogP contribution is -2.34. The van der Waals surface area contributed by atoms with E-state index in [1.807, 2.05) is 52.8 Å². The van der Waals surface area contributed by atoms with E-state index in [2.05, 4.69) is 0 Å². The van der Waals surface area contributed by atoms with E-state index in [4.69, 9.17) is 19.3 Å². The quantitative estimate of drug-likeness (QED) is 0.0753. The average molecular weight is 665 g/mol. The van der Waals surface area contributed by atoms with E-state index in [1.54, 1.807) is 45.1 Å². The second-order valence-electron chi connectivity index (χ2n) is 14.4. The minimum absolute atomic E-state index is 0.0482. The van der Waals surface area contributed by atoms with E-state index < -0.39 is 40.6 Å². The van der Waals surface area contributed by atoms with Crippen LogP contribution >= 0.6 is 0 Å². The fourth-order valence-electron chi connectivity index (χ4n) is 5.57. The van der Waals surface area contributed by atoms with Gasteiger partial charge in [0.2, 0.25) is 0 Å². The molecule has 0 amide bonds. The number of benzene rings is 1. The Bertz CT molecular complexity index is 1540. The van der Waals surface area contributed by atoms with Gasteiger partial charge < -0.3 is 34.3 Å². The maximum atomic E-state index is 14.1. The van der Waals surface area contributed by atoms with Crippen molar-refractivity contribution in [2.45, 2.75) is 117 Å². The molecule has 2 aliphatic rings. The predicted octanol–water partition coefficient (Wildman–Crippen LogP) is 7.48. The van der Waals surface area contributed by atoms with Crippen molar-refractivity contribution in [3.05, 3.63) is 69.9 Å². The SMILES string of the molecule is CC(C)=CCc1c2c(c(O)c3c1OC(C)/C(=C\C(C=O)CCC(C)(C)OCC/C=C(\C)C(=O)O)C3=O)C=CC(C)(C/C=C\C(C)(C)O)O2. The van der Waals surface area contributed by atoms with Crippen LogP contribution in [0.25, 0.3) is 6.08 Å². The van der Waals surface area contributed by atoms with E-state index in [0.29, 0.717) is 61.2 Å². The van der Waals surface area contributed by atoms with Crippen molar-refractivity contribution in [1.29, 1.82) is 0 Å². The van der Waals surface area contributed by atoms with Crippen molar-refractivity contribution in [3.8, 4) is 17.2 Å². The molecule has 3 atom stereocenters. The molecule has 1 aromatic rings. The van der Waals surface area contributed by atoms with Gasteiger partial charge in [-0.1, -0.05) is 36.0 Å². The highest BCUT2D eigenvalue weighted by Crippen LogP contribution is 2.51. The summed E-state index contributed by atoms with van der Waals surface area (Å²) >= 11 is 0. The topological polar surface area (TPSA) is 140 Å². The van der Waals surface area contributed by atoms with Gasteiger partial charge in [0.25, 0.3) is 0 Å². The highest BCUT2D eigenvalue weighted by atomic mass is 16.5. The van der Waals surface area contributed by atoms with Crippen LogP contribution in [0.15, 0.2) is 53.2 Å². The Morgan fingerprint density at radius 3 is 2.44 bits per heavy atom. The highest BCUT2D eigenvalue weighted by molar-refractivity contribution is 6.15. The first-order chi connectivity index (χ1) is 22.3. The lowest BCUT2D eigenvalue weighted by atomic mass is 9.85. The number of ether oxygens (including phenoxy) is 3. The molecule has 262 valence electrons. The molecule has 0 spiro atoms. The standard InChI is InChI=1S/C39H52O9/c1-24(2)13-14-29-34-28(16-20-39(9,48-34)18-11-17-37(5,6)45)32(41)31-33(42)30(26(4)47-35(29)31)22-27(23-40)15-19-38(7,8)46-21-10-12-25(3)36(43)44/h11-13,16-17,20,22-23,26-27,41,45H,10,14-15,18-19,21H2,1-9H3,(H,43,44)/b17-11-,25-12+,30-22+. The lowest BCUT2D eigenvalue weighted by Gasteiger charge is -2.36. The van der Waals surface area contributed by atoms with E-state index in [9.17, 15) is 24.6 Å². The number of ketones is 1. The number of carboxylic acids is 1. The number of phenols is 1. The molecular weight excluding hydrogens is 612 g/mol. The van der Waals surface area contributed by atoms with Gasteiger partial charge in [-0.05, 0) is 100 Å². The van der Waals surface area contributed by atoms with Crippen LogP contribution in [0.3, 0.4) is 0 Å². The summed E-state index contributed by atoms with van der Waals surface area (Å²) in [5, 5.41) is 30.7. The molecule has 9 heteroatoms. The van der Waals surface area contributed by atoms with Gasteiger partial charge in [-0.3, -0.25) is 4.79 Å². The molecule has 0 fully saturated rings. The summed E-state index contributed by atoms with van der Waals surface area (Å²) in [5.74, 6) is -1.49. The first-order valence-corrected chi connectivity index (χ1v) is 16.5.